The van der Waals surface area contributed by atoms with Crippen LogP contribution in [0.4, 0.5) is 0 Å². The number of nitrogens with one attached hydrogen (secondary N) is 1. The maximum absolute atomic E-state index is 8.63. The fourth-order valence-electron chi connectivity index (χ4n) is 2.43. The fraction of sp³-hybridized carbons (Fsp3) is 0.615. The number of furan rings is 1. The first-order valence-corrected chi connectivity index (χ1v) is 5.91. The van der Waals surface area contributed by atoms with E-state index in [0.29, 0.717) is 11.2 Å². The minimum Gasteiger partial charge on any atom is -0.449 e. The number of rotatable bonds is 4. The highest BCUT2D eigenvalue weighted by Gasteiger charge is 2.27. The minimum absolute atomic E-state index is 0.392. The van der Waals surface area contributed by atoms with E-state index in [1.54, 1.807) is 6.07 Å². The molecule has 0 saturated heterocycles. The first-order chi connectivity index (χ1) is 7.72. The molecule has 0 atom stereocenters. The van der Waals surface area contributed by atoms with Crippen molar-refractivity contribution in [3.05, 3.63) is 23.7 Å². The highest BCUT2D eigenvalue weighted by atomic mass is 16.3. The molecular formula is C13H18N2O. The van der Waals surface area contributed by atoms with Crippen LogP contribution >= 0.6 is 0 Å². The van der Waals surface area contributed by atoms with E-state index in [4.69, 9.17) is 9.68 Å². The highest BCUT2D eigenvalue weighted by molar-refractivity contribution is 5.18. The molecule has 1 aliphatic rings. The Morgan fingerprint density at radius 3 is 2.81 bits per heavy atom. The fourth-order valence-corrected chi connectivity index (χ4v) is 2.43. The van der Waals surface area contributed by atoms with Crippen LogP contribution in [0.2, 0.25) is 0 Å². The number of hydrogen-bond donors (Lipinski definition) is 1. The van der Waals surface area contributed by atoms with Gasteiger partial charge in [0.05, 0.1) is 6.54 Å². The Hall–Kier alpha value is -1.27. The van der Waals surface area contributed by atoms with E-state index in [-0.39, 0.29) is 0 Å². The lowest BCUT2D eigenvalue weighted by atomic mass is 9.89. The van der Waals surface area contributed by atoms with Crippen molar-refractivity contribution in [2.24, 2.45) is 5.41 Å². The van der Waals surface area contributed by atoms with E-state index in [2.05, 4.69) is 12.2 Å². The Balaban J connectivity index is 1.77. The molecule has 0 amide bonds. The van der Waals surface area contributed by atoms with E-state index in [0.717, 1.165) is 18.8 Å². The van der Waals surface area contributed by atoms with Gasteiger partial charge in [0.1, 0.15) is 11.8 Å². The normalized spacial score (nSPS) is 18.5. The molecule has 0 bridgehead atoms. The molecule has 0 radical (unpaired) electrons. The molecule has 0 spiro atoms. The van der Waals surface area contributed by atoms with Gasteiger partial charge in [0.2, 0.25) is 5.76 Å². The van der Waals surface area contributed by atoms with Crippen LogP contribution in [-0.4, -0.2) is 6.54 Å². The van der Waals surface area contributed by atoms with Crippen molar-refractivity contribution in [1.29, 1.82) is 5.26 Å². The SMILES string of the molecule is CC1(CNCc2ccc(C#N)o2)CCCC1. The summed E-state index contributed by atoms with van der Waals surface area (Å²) in [6.45, 7) is 4.10. The van der Waals surface area contributed by atoms with Gasteiger partial charge in [-0.25, -0.2) is 0 Å². The predicted molar refractivity (Wildman–Crippen MR) is 61.7 cm³/mol. The summed E-state index contributed by atoms with van der Waals surface area (Å²) in [5, 5.41) is 12.0. The van der Waals surface area contributed by atoms with Gasteiger partial charge < -0.3 is 9.73 Å². The van der Waals surface area contributed by atoms with Crippen molar-refractivity contribution in [2.45, 2.75) is 39.2 Å². The van der Waals surface area contributed by atoms with Crippen molar-refractivity contribution < 1.29 is 4.42 Å². The van der Waals surface area contributed by atoms with Gasteiger partial charge >= 0.3 is 0 Å². The summed E-state index contributed by atoms with van der Waals surface area (Å²) in [6.07, 6.45) is 5.36. The van der Waals surface area contributed by atoms with Gasteiger partial charge in [0.25, 0.3) is 0 Å². The first kappa shape index (κ1) is 11.2. The summed E-state index contributed by atoms with van der Waals surface area (Å²) in [6, 6.07) is 5.57. The maximum Gasteiger partial charge on any atom is 0.203 e. The summed E-state index contributed by atoms with van der Waals surface area (Å²) in [5.41, 5.74) is 0.463. The lowest BCUT2D eigenvalue weighted by molar-refractivity contribution is 0.308. The summed E-state index contributed by atoms with van der Waals surface area (Å²) in [7, 11) is 0. The molecule has 1 fully saturated rings. The molecule has 2 rings (SSSR count). The van der Waals surface area contributed by atoms with Crippen LogP contribution < -0.4 is 5.32 Å². The average molecular weight is 218 g/mol. The molecule has 3 nitrogen and oxygen atoms in total. The van der Waals surface area contributed by atoms with Crippen LogP contribution in [0.5, 0.6) is 0 Å². The molecule has 86 valence electrons. The Morgan fingerprint density at radius 2 is 2.19 bits per heavy atom. The summed E-state index contributed by atoms with van der Waals surface area (Å²) in [5.74, 6) is 1.24. The van der Waals surface area contributed by atoms with E-state index < -0.39 is 0 Å². The van der Waals surface area contributed by atoms with Gasteiger partial charge in [-0.3, -0.25) is 0 Å². The number of nitriles is 1. The van der Waals surface area contributed by atoms with Crippen molar-refractivity contribution in [3.63, 3.8) is 0 Å². The van der Waals surface area contributed by atoms with Crippen LogP contribution in [0, 0.1) is 16.7 Å². The Kier molecular flexibility index (Phi) is 3.31. The van der Waals surface area contributed by atoms with Gasteiger partial charge in [0, 0.05) is 6.54 Å². The molecule has 1 aromatic heterocycles. The van der Waals surface area contributed by atoms with Gasteiger partial charge in [-0.1, -0.05) is 19.8 Å². The lowest BCUT2D eigenvalue weighted by Crippen LogP contribution is -2.28. The van der Waals surface area contributed by atoms with Crippen molar-refractivity contribution >= 4 is 0 Å². The standard InChI is InChI=1S/C13H18N2O/c1-13(6-2-3-7-13)10-15-9-12-5-4-11(8-14)16-12/h4-5,15H,2-3,6-7,9-10H2,1H3. The van der Waals surface area contributed by atoms with Gasteiger partial charge in [-0.05, 0) is 30.4 Å². The largest absolute Gasteiger partial charge is 0.449 e. The Labute approximate surface area is 96.4 Å². The summed E-state index contributed by atoms with van der Waals surface area (Å²) >= 11 is 0. The second kappa shape index (κ2) is 4.71. The zero-order valence-electron chi connectivity index (χ0n) is 9.75. The van der Waals surface area contributed by atoms with Crippen LogP contribution in [-0.2, 0) is 6.54 Å². The smallest absolute Gasteiger partial charge is 0.203 e. The van der Waals surface area contributed by atoms with Crippen molar-refractivity contribution in [1.82, 2.24) is 5.32 Å². The van der Waals surface area contributed by atoms with Gasteiger partial charge in [-0.15, -0.1) is 0 Å². The monoisotopic (exact) mass is 218 g/mol. The van der Waals surface area contributed by atoms with Crippen molar-refractivity contribution in [2.75, 3.05) is 6.54 Å². The van der Waals surface area contributed by atoms with Crippen LogP contribution in [0.1, 0.15) is 44.1 Å². The predicted octanol–water partition coefficient (Wildman–Crippen LogP) is 2.82. The lowest BCUT2D eigenvalue weighted by Gasteiger charge is -2.23. The molecule has 16 heavy (non-hydrogen) atoms. The first-order valence-electron chi connectivity index (χ1n) is 5.91. The molecule has 1 aliphatic carbocycles. The number of nitrogens with zero attached hydrogens (tertiary/aromatic N) is 1. The summed E-state index contributed by atoms with van der Waals surface area (Å²) in [4.78, 5) is 0. The third kappa shape index (κ3) is 2.65. The zero-order valence-corrected chi connectivity index (χ0v) is 9.75. The van der Waals surface area contributed by atoms with E-state index in [1.807, 2.05) is 12.1 Å². The third-order valence-electron chi connectivity index (χ3n) is 3.43. The highest BCUT2D eigenvalue weighted by Crippen LogP contribution is 2.36. The molecule has 1 heterocycles. The molecule has 1 saturated carbocycles. The third-order valence-corrected chi connectivity index (χ3v) is 3.43. The quantitative estimate of drug-likeness (QED) is 0.845. The maximum atomic E-state index is 8.63. The molecule has 0 aliphatic heterocycles. The van der Waals surface area contributed by atoms with Gasteiger partial charge in [0.15, 0.2) is 0 Å². The van der Waals surface area contributed by atoms with E-state index in [1.165, 1.54) is 25.7 Å². The molecular weight excluding hydrogens is 200 g/mol. The molecule has 3 heteroatoms. The van der Waals surface area contributed by atoms with Crippen LogP contribution in [0.3, 0.4) is 0 Å². The minimum atomic E-state index is 0.392. The topological polar surface area (TPSA) is 49.0 Å². The van der Waals surface area contributed by atoms with Gasteiger partial charge in [-0.2, -0.15) is 5.26 Å². The molecule has 0 unspecified atom stereocenters. The molecule has 0 aromatic carbocycles. The average Bonchev–Trinajstić information content (AvgIpc) is 2.88. The second-order valence-electron chi connectivity index (χ2n) is 5.00. The zero-order chi connectivity index (χ0) is 11.4. The summed E-state index contributed by atoms with van der Waals surface area (Å²) < 4.78 is 5.31. The molecule has 1 N–H and O–H groups in total. The van der Waals surface area contributed by atoms with Crippen LogP contribution in [0.25, 0.3) is 0 Å². The molecule has 1 aromatic rings. The van der Waals surface area contributed by atoms with Crippen molar-refractivity contribution in [3.8, 4) is 6.07 Å². The van der Waals surface area contributed by atoms with Crippen LogP contribution in [0.15, 0.2) is 16.5 Å². The van der Waals surface area contributed by atoms with E-state index >= 15 is 0 Å². The second-order valence-corrected chi connectivity index (χ2v) is 5.00. The number of hydrogen-bond acceptors (Lipinski definition) is 3. The Bertz CT molecular complexity index is 383. The van der Waals surface area contributed by atoms with E-state index in [9.17, 15) is 0 Å². The Morgan fingerprint density at radius 1 is 1.44 bits per heavy atom.